The first kappa shape index (κ1) is 25.4. The first-order valence-corrected chi connectivity index (χ1v) is 12.2. The van der Waals surface area contributed by atoms with Gasteiger partial charge in [0, 0.05) is 16.0 Å². The summed E-state index contributed by atoms with van der Waals surface area (Å²) in [5, 5.41) is 10.1. The number of carbonyl (C=O) groups excluding carboxylic acids is 2. The Kier molecular flexibility index (Phi) is 6.41. The minimum Gasteiger partial charge on any atom is -0.365 e. The molecule has 12 heteroatoms. The van der Waals surface area contributed by atoms with Crippen LogP contribution in [0.25, 0.3) is 32.6 Å². The van der Waals surface area contributed by atoms with Gasteiger partial charge >= 0.3 is 6.18 Å². The number of H-pyrrole nitrogens is 1. The van der Waals surface area contributed by atoms with Crippen molar-refractivity contribution in [3.63, 3.8) is 0 Å². The Morgan fingerprint density at radius 3 is 2.32 bits per heavy atom. The van der Waals surface area contributed by atoms with Crippen LogP contribution >= 0.6 is 22.9 Å². The lowest BCUT2D eigenvalue weighted by Crippen LogP contribution is -2.17. The topological polar surface area (TPSA) is 114 Å². The summed E-state index contributed by atoms with van der Waals surface area (Å²) in [5.74, 6) is -1.59. The molecule has 0 aliphatic carbocycles. The molecule has 3 aromatic heterocycles. The van der Waals surface area contributed by atoms with Gasteiger partial charge < -0.3 is 11.1 Å². The van der Waals surface area contributed by atoms with E-state index in [9.17, 15) is 22.8 Å². The Labute approximate surface area is 222 Å². The Bertz CT molecular complexity index is 1690. The number of nitrogens with two attached hydrogens (primary N) is 1. The molecule has 0 aliphatic heterocycles. The number of rotatable bonds is 5. The maximum atomic E-state index is 13.7. The molecule has 4 N–H and O–H groups in total. The second-order valence-electron chi connectivity index (χ2n) is 8.40. The number of amides is 2. The van der Waals surface area contributed by atoms with Crippen LogP contribution in [0.2, 0.25) is 5.02 Å². The third-order valence-electron chi connectivity index (χ3n) is 5.74. The fourth-order valence-electron chi connectivity index (χ4n) is 3.88. The number of benzene rings is 2. The number of alkyl halides is 3. The molecule has 0 spiro atoms. The number of carbonyl (C=O) groups is 2. The second-order valence-corrected chi connectivity index (χ2v) is 9.83. The third kappa shape index (κ3) is 4.85. The van der Waals surface area contributed by atoms with Gasteiger partial charge in [-0.15, -0.1) is 11.3 Å². The summed E-state index contributed by atoms with van der Waals surface area (Å²) in [6.45, 7) is 1.84. The highest BCUT2D eigenvalue weighted by atomic mass is 35.5. The summed E-state index contributed by atoms with van der Waals surface area (Å²) >= 11 is 6.60. The van der Waals surface area contributed by atoms with E-state index in [1.165, 1.54) is 6.07 Å². The van der Waals surface area contributed by atoms with E-state index >= 15 is 0 Å². The summed E-state index contributed by atoms with van der Waals surface area (Å²) in [6, 6.07) is 16.0. The van der Waals surface area contributed by atoms with Crippen LogP contribution in [0.15, 0.2) is 60.7 Å². The Hall–Kier alpha value is -4.22. The SMILES string of the molecule is Cc1ccc(-c2cc(C(F)(F)F)nc3sc(C(N)=O)c(NC(=O)c4cc(-c5ccc(Cl)cc5)n[nH]4)c23)cc1. The van der Waals surface area contributed by atoms with Crippen molar-refractivity contribution in [2.45, 2.75) is 13.1 Å². The number of hydrogen-bond donors (Lipinski definition) is 3. The molecule has 0 bridgehead atoms. The van der Waals surface area contributed by atoms with Gasteiger partial charge in [-0.25, -0.2) is 4.98 Å². The lowest BCUT2D eigenvalue weighted by molar-refractivity contribution is -0.140. The van der Waals surface area contributed by atoms with Crippen LogP contribution in [0.4, 0.5) is 18.9 Å². The molecule has 0 saturated heterocycles. The van der Waals surface area contributed by atoms with Crippen molar-refractivity contribution in [3.8, 4) is 22.4 Å². The van der Waals surface area contributed by atoms with Crippen molar-refractivity contribution in [1.82, 2.24) is 15.2 Å². The van der Waals surface area contributed by atoms with E-state index in [0.29, 0.717) is 33.2 Å². The highest BCUT2D eigenvalue weighted by molar-refractivity contribution is 7.21. The van der Waals surface area contributed by atoms with E-state index in [1.807, 2.05) is 6.92 Å². The maximum absolute atomic E-state index is 13.7. The summed E-state index contributed by atoms with van der Waals surface area (Å²) in [4.78, 5) is 29.0. The van der Waals surface area contributed by atoms with E-state index in [2.05, 4.69) is 20.5 Å². The molecule has 0 unspecified atom stereocenters. The highest BCUT2D eigenvalue weighted by Crippen LogP contribution is 2.43. The van der Waals surface area contributed by atoms with Crippen LogP contribution in [-0.4, -0.2) is 27.0 Å². The normalized spacial score (nSPS) is 11.6. The summed E-state index contributed by atoms with van der Waals surface area (Å²) < 4.78 is 41.1. The first-order valence-electron chi connectivity index (χ1n) is 11.1. The van der Waals surface area contributed by atoms with Gasteiger partial charge in [0.15, 0.2) is 0 Å². The second kappa shape index (κ2) is 9.58. The van der Waals surface area contributed by atoms with Gasteiger partial charge in [-0.2, -0.15) is 18.3 Å². The van der Waals surface area contributed by atoms with E-state index < -0.39 is 23.7 Å². The molecular weight excluding hydrogens is 539 g/mol. The highest BCUT2D eigenvalue weighted by Gasteiger charge is 2.35. The number of hydrogen-bond acceptors (Lipinski definition) is 5. The van der Waals surface area contributed by atoms with Gasteiger partial charge in [0.2, 0.25) is 0 Å². The quantitative estimate of drug-likeness (QED) is 0.224. The standard InChI is InChI=1S/C26H17ClF3N5O2S/c1-12-2-4-13(5-3-12)16-10-19(26(28,29)30)32-25-20(16)21(22(38-25)23(31)36)33-24(37)18-11-17(34-35-18)14-6-8-15(27)9-7-14/h2-11H,1H3,(H2,31,36)(H,33,37)(H,34,35). The smallest absolute Gasteiger partial charge is 0.365 e. The van der Waals surface area contributed by atoms with E-state index in [4.69, 9.17) is 17.3 Å². The lowest BCUT2D eigenvalue weighted by Gasteiger charge is -2.12. The van der Waals surface area contributed by atoms with Crippen molar-refractivity contribution in [3.05, 3.63) is 87.5 Å². The number of nitrogens with one attached hydrogen (secondary N) is 2. The molecule has 0 atom stereocenters. The molecule has 192 valence electrons. The Balaban J connectivity index is 1.63. The van der Waals surface area contributed by atoms with Crippen molar-refractivity contribution in [1.29, 1.82) is 0 Å². The molecule has 0 saturated carbocycles. The minimum atomic E-state index is -4.73. The molecule has 3 heterocycles. The van der Waals surface area contributed by atoms with Crippen LogP contribution < -0.4 is 11.1 Å². The monoisotopic (exact) mass is 555 g/mol. The molecule has 0 radical (unpaired) electrons. The van der Waals surface area contributed by atoms with E-state index in [1.54, 1.807) is 48.5 Å². The molecule has 0 fully saturated rings. The third-order valence-corrected chi connectivity index (χ3v) is 7.09. The van der Waals surface area contributed by atoms with Gasteiger partial charge in [-0.3, -0.25) is 14.7 Å². The molecule has 0 aliphatic rings. The van der Waals surface area contributed by atoms with E-state index in [0.717, 1.165) is 11.6 Å². The van der Waals surface area contributed by atoms with Crippen LogP contribution in [0.1, 0.15) is 31.4 Å². The zero-order chi connectivity index (χ0) is 27.2. The number of fused-ring (bicyclic) bond motifs is 1. The number of thiophene rings is 1. The van der Waals surface area contributed by atoms with Gasteiger partial charge in [-0.1, -0.05) is 53.6 Å². The van der Waals surface area contributed by atoms with Crippen LogP contribution in [0, 0.1) is 6.92 Å². The summed E-state index contributed by atoms with van der Waals surface area (Å²) in [5.41, 5.74) is 7.13. The van der Waals surface area contributed by atoms with Gasteiger partial charge in [0.1, 0.15) is 21.1 Å². The molecule has 2 aromatic carbocycles. The molecular formula is C26H17ClF3N5O2S. The summed E-state index contributed by atoms with van der Waals surface area (Å²) in [6.07, 6.45) is -4.73. The Morgan fingerprint density at radius 2 is 1.68 bits per heavy atom. The van der Waals surface area contributed by atoms with Gasteiger partial charge in [-0.05, 0) is 42.3 Å². The zero-order valence-corrected chi connectivity index (χ0v) is 21.1. The van der Waals surface area contributed by atoms with Gasteiger partial charge in [0.05, 0.1) is 11.4 Å². The average molecular weight is 556 g/mol. The van der Waals surface area contributed by atoms with Crippen molar-refractivity contribution in [2.75, 3.05) is 5.32 Å². The molecule has 5 aromatic rings. The van der Waals surface area contributed by atoms with Crippen LogP contribution in [0.5, 0.6) is 0 Å². The maximum Gasteiger partial charge on any atom is 0.433 e. The minimum absolute atomic E-state index is 0.0260. The Morgan fingerprint density at radius 1 is 1.03 bits per heavy atom. The number of nitrogens with zero attached hydrogens (tertiary/aromatic N) is 2. The number of aromatic nitrogens is 3. The number of anilines is 1. The van der Waals surface area contributed by atoms with Crippen LogP contribution in [0.3, 0.4) is 0 Å². The van der Waals surface area contributed by atoms with E-state index in [-0.39, 0.29) is 32.0 Å². The van der Waals surface area contributed by atoms with Crippen molar-refractivity contribution in [2.24, 2.45) is 5.73 Å². The number of aryl methyl sites for hydroxylation is 1. The van der Waals surface area contributed by atoms with Crippen molar-refractivity contribution < 1.29 is 22.8 Å². The number of aromatic amines is 1. The fourth-order valence-corrected chi connectivity index (χ4v) is 5.02. The van der Waals surface area contributed by atoms with Gasteiger partial charge in [0.25, 0.3) is 11.8 Å². The molecule has 38 heavy (non-hydrogen) atoms. The largest absolute Gasteiger partial charge is 0.433 e. The predicted molar refractivity (Wildman–Crippen MR) is 140 cm³/mol. The average Bonchev–Trinajstić information content (AvgIpc) is 3.50. The molecule has 5 rings (SSSR count). The number of primary amides is 1. The number of halogens is 4. The lowest BCUT2D eigenvalue weighted by atomic mass is 10.00. The molecule has 2 amide bonds. The predicted octanol–water partition coefficient (Wildman–Crippen LogP) is 6.69. The molecule has 7 nitrogen and oxygen atoms in total. The first-order chi connectivity index (χ1) is 18.0. The summed E-state index contributed by atoms with van der Waals surface area (Å²) in [7, 11) is 0. The van der Waals surface area contributed by atoms with Crippen molar-refractivity contribution >= 4 is 50.7 Å². The fraction of sp³-hybridized carbons (Fsp3) is 0.0769. The number of pyridine rings is 1. The van der Waals surface area contributed by atoms with Crippen LogP contribution in [-0.2, 0) is 6.18 Å². The zero-order valence-electron chi connectivity index (χ0n) is 19.5.